The van der Waals surface area contributed by atoms with Gasteiger partial charge < -0.3 is 20.1 Å². The molecule has 10 heteroatoms. The molecule has 2 amide bonds. The van der Waals surface area contributed by atoms with Crippen LogP contribution in [-0.4, -0.2) is 63.5 Å². The van der Waals surface area contributed by atoms with E-state index in [-0.39, 0.29) is 29.6 Å². The zero-order valence-corrected chi connectivity index (χ0v) is 31.2. The first kappa shape index (κ1) is 37.7. The first-order chi connectivity index (χ1) is 24.4. The molecule has 1 fully saturated rings. The standard InChI is InChI=1S/C41H50N4O5S/c1-27(2)8-6-7-21-50-33-15-13-30(14-16-33)32-24-42-38(43-25-32)31-11-9-28(10-12-31)22-34(40(49)45-20-19-29(26-45)23-37(46)47)44-39(48)35-17-18-36(51-35)41(3,4)5/h9-18,24-25,27,29,34H,6-8,19-23,26H2,1-5H3,(H,44,48)(H,46,47). The summed E-state index contributed by atoms with van der Waals surface area (Å²) in [4.78, 5) is 51.1. The molecular formula is C41H50N4O5S. The van der Waals surface area contributed by atoms with Gasteiger partial charge in [0, 0.05) is 54.3 Å². The number of aliphatic carboxylic acids is 1. The number of unbranched alkanes of at least 4 members (excludes halogenated alkanes) is 1. The van der Waals surface area contributed by atoms with E-state index < -0.39 is 12.0 Å². The molecular weight excluding hydrogens is 661 g/mol. The van der Waals surface area contributed by atoms with Gasteiger partial charge in [0.1, 0.15) is 11.8 Å². The van der Waals surface area contributed by atoms with Crippen molar-refractivity contribution in [2.75, 3.05) is 19.7 Å². The number of rotatable bonds is 15. The van der Waals surface area contributed by atoms with E-state index >= 15 is 0 Å². The molecule has 1 saturated heterocycles. The van der Waals surface area contributed by atoms with E-state index in [0.29, 0.717) is 36.6 Å². The second-order valence-electron chi connectivity index (χ2n) is 14.9. The van der Waals surface area contributed by atoms with E-state index in [2.05, 4.69) is 49.9 Å². The van der Waals surface area contributed by atoms with Crippen molar-refractivity contribution in [3.05, 3.63) is 88.4 Å². The third kappa shape index (κ3) is 10.7. The zero-order chi connectivity index (χ0) is 36.5. The van der Waals surface area contributed by atoms with Gasteiger partial charge in [-0.05, 0) is 71.9 Å². The van der Waals surface area contributed by atoms with Crippen molar-refractivity contribution in [1.82, 2.24) is 20.2 Å². The second kappa shape index (κ2) is 17.1. The van der Waals surface area contributed by atoms with Crippen LogP contribution in [0.15, 0.2) is 73.1 Å². The third-order valence-corrected chi connectivity index (χ3v) is 10.7. The number of ether oxygens (including phenoxy) is 1. The maximum atomic E-state index is 13.8. The lowest BCUT2D eigenvalue weighted by molar-refractivity contribution is -0.138. The van der Waals surface area contributed by atoms with E-state index in [1.165, 1.54) is 24.2 Å². The van der Waals surface area contributed by atoms with Gasteiger partial charge in [-0.15, -0.1) is 11.3 Å². The summed E-state index contributed by atoms with van der Waals surface area (Å²) in [5, 5.41) is 12.3. The smallest absolute Gasteiger partial charge is 0.303 e. The Bertz CT molecular complexity index is 1760. The predicted octanol–water partition coefficient (Wildman–Crippen LogP) is 8.04. The Balaban J connectivity index is 1.23. The van der Waals surface area contributed by atoms with E-state index in [1.54, 1.807) is 11.0 Å². The predicted molar refractivity (Wildman–Crippen MR) is 202 cm³/mol. The topological polar surface area (TPSA) is 122 Å². The molecule has 5 rings (SSSR count). The lowest BCUT2D eigenvalue weighted by Gasteiger charge is -2.24. The van der Waals surface area contributed by atoms with Gasteiger partial charge >= 0.3 is 5.97 Å². The van der Waals surface area contributed by atoms with Crippen LogP contribution >= 0.6 is 11.3 Å². The number of likely N-dealkylation sites (tertiary alicyclic amines) is 1. The quantitative estimate of drug-likeness (QED) is 0.120. The molecule has 0 aliphatic carbocycles. The summed E-state index contributed by atoms with van der Waals surface area (Å²) in [5.41, 5.74) is 3.53. The Kier molecular flexibility index (Phi) is 12.6. The normalized spacial score (nSPS) is 15.2. The molecule has 1 aliphatic rings. The fraction of sp³-hybridized carbons (Fsp3) is 0.439. The van der Waals surface area contributed by atoms with Gasteiger partial charge in [0.25, 0.3) is 5.91 Å². The molecule has 9 nitrogen and oxygen atoms in total. The maximum absolute atomic E-state index is 13.8. The summed E-state index contributed by atoms with van der Waals surface area (Å²) < 4.78 is 5.90. The minimum atomic E-state index is -0.868. The maximum Gasteiger partial charge on any atom is 0.303 e. The largest absolute Gasteiger partial charge is 0.494 e. The van der Waals surface area contributed by atoms with Crippen LogP contribution in [0.5, 0.6) is 5.75 Å². The second-order valence-corrected chi connectivity index (χ2v) is 16.0. The number of carboxylic acids is 1. The number of benzene rings is 2. The molecule has 4 aromatic rings. The average molecular weight is 711 g/mol. The molecule has 0 saturated carbocycles. The van der Waals surface area contributed by atoms with Crippen molar-refractivity contribution in [2.45, 2.75) is 84.6 Å². The van der Waals surface area contributed by atoms with Crippen molar-refractivity contribution in [1.29, 1.82) is 0 Å². The summed E-state index contributed by atoms with van der Waals surface area (Å²) in [7, 11) is 0. The van der Waals surface area contributed by atoms with Crippen LogP contribution in [0.3, 0.4) is 0 Å². The molecule has 0 spiro atoms. The van der Waals surface area contributed by atoms with Gasteiger partial charge in [0.15, 0.2) is 5.82 Å². The van der Waals surface area contributed by atoms with E-state index in [4.69, 9.17) is 4.74 Å². The SMILES string of the molecule is CC(C)CCCCOc1ccc(-c2cnc(-c3ccc(CC(NC(=O)c4ccc(C(C)(C)C)s4)C(=O)N4CCC(CC(=O)O)C4)cc3)nc2)cc1. The number of aromatic nitrogens is 2. The summed E-state index contributed by atoms with van der Waals surface area (Å²) in [6.45, 7) is 12.3. The zero-order valence-electron chi connectivity index (χ0n) is 30.4. The van der Waals surface area contributed by atoms with Gasteiger partial charge in [-0.25, -0.2) is 9.97 Å². The fourth-order valence-electron chi connectivity index (χ4n) is 6.20. The summed E-state index contributed by atoms with van der Waals surface area (Å²) in [6.07, 6.45) is 8.01. The molecule has 2 atom stereocenters. The number of carbonyl (C=O) groups is 3. The Morgan fingerprint density at radius 1 is 0.941 bits per heavy atom. The molecule has 2 aromatic heterocycles. The molecule has 2 aromatic carbocycles. The number of hydrogen-bond acceptors (Lipinski definition) is 7. The Morgan fingerprint density at radius 3 is 2.25 bits per heavy atom. The molecule has 3 heterocycles. The van der Waals surface area contributed by atoms with Crippen molar-refractivity contribution in [2.24, 2.45) is 11.8 Å². The first-order valence-corrected chi connectivity index (χ1v) is 18.7. The minimum absolute atomic E-state index is 0.0239. The number of amides is 2. The monoisotopic (exact) mass is 710 g/mol. The van der Waals surface area contributed by atoms with Gasteiger partial charge in [-0.2, -0.15) is 0 Å². The molecule has 51 heavy (non-hydrogen) atoms. The minimum Gasteiger partial charge on any atom is -0.494 e. The molecule has 0 radical (unpaired) electrons. The summed E-state index contributed by atoms with van der Waals surface area (Å²) in [5.74, 6) is 0.702. The fourth-order valence-corrected chi connectivity index (χ4v) is 7.17. The number of nitrogens with zero attached hydrogens (tertiary/aromatic N) is 3. The van der Waals surface area contributed by atoms with Crippen molar-refractivity contribution in [3.63, 3.8) is 0 Å². The van der Waals surface area contributed by atoms with Crippen LogP contribution < -0.4 is 10.1 Å². The Morgan fingerprint density at radius 2 is 1.63 bits per heavy atom. The lowest BCUT2D eigenvalue weighted by atomic mass is 9.95. The Labute approximate surface area is 305 Å². The number of carbonyl (C=O) groups excluding carboxylic acids is 2. The highest BCUT2D eigenvalue weighted by Gasteiger charge is 2.33. The van der Waals surface area contributed by atoms with E-state index in [0.717, 1.165) is 51.8 Å². The van der Waals surface area contributed by atoms with Crippen LogP contribution in [-0.2, 0) is 21.4 Å². The van der Waals surface area contributed by atoms with Crippen molar-refractivity contribution in [3.8, 4) is 28.3 Å². The molecule has 0 bridgehead atoms. The Hall–Kier alpha value is -4.57. The number of thiophene rings is 1. The highest BCUT2D eigenvalue weighted by atomic mass is 32.1. The molecule has 270 valence electrons. The third-order valence-electron chi connectivity index (χ3n) is 9.17. The van der Waals surface area contributed by atoms with Gasteiger partial charge in [-0.1, -0.05) is 77.4 Å². The van der Waals surface area contributed by atoms with Gasteiger partial charge in [0.05, 0.1) is 11.5 Å². The highest BCUT2D eigenvalue weighted by molar-refractivity contribution is 7.14. The molecule has 2 N–H and O–H groups in total. The first-order valence-electron chi connectivity index (χ1n) is 17.9. The van der Waals surface area contributed by atoms with Crippen LogP contribution in [0.2, 0.25) is 0 Å². The number of hydrogen-bond donors (Lipinski definition) is 2. The summed E-state index contributed by atoms with van der Waals surface area (Å²) >= 11 is 1.43. The molecule has 1 aliphatic heterocycles. The van der Waals surface area contributed by atoms with E-state index in [1.807, 2.05) is 67.0 Å². The number of nitrogens with one attached hydrogen (secondary N) is 1. The molecule has 2 unspecified atom stereocenters. The van der Waals surface area contributed by atoms with Gasteiger partial charge in [-0.3, -0.25) is 14.4 Å². The van der Waals surface area contributed by atoms with Crippen molar-refractivity contribution >= 4 is 29.1 Å². The van der Waals surface area contributed by atoms with Crippen LogP contribution in [0, 0.1) is 11.8 Å². The average Bonchev–Trinajstić information content (AvgIpc) is 3.79. The van der Waals surface area contributed by atoms with E-state index in [9.17, 15) is 19.5 Å². The number of carboxylic acid groups (broad SMARTS) is 1. The lowest BCUT2D eigenvalue weighted by Crippen LogP contribution is -2.49. The van der Waals surface area contributed by atoms with Crippen LogP contribution in [0.25, 0.3) is 22.5 Å². The summed E-state index contributed by atoms with van der Waals surface area (Å²) in [6, 6.07) is 18.7. The van der Waals surface area contributed by atoms with Crippen LogP contribution in [0.4, 0.5) is 0 Å². The van der Waals surface area contributed by atoms with Gasteiger partial charge in [0.2, 0.25) is 5.91 Å². The van der Waals surface area contributed by atoms with Crippen molar-refractivity contribution < 1.29 is 24.2 Å². The highest BCUT2D eigenvalue weighted by Crippen LogP contribution is 2.30. The van der Waals surface area contributed by atoms with Crippen LogP contribution in [0.1, 0.15) is 86.8 Å².